The second kappa shape index (κ2) is 6.71. The van der Waals surface area contributed by atoms with Crippen LogP contribution >= 0.6 is 0 Å². The van der Waals surface area contributed by atoms with E-state index in [-0.39, 0.29) is 29.9 Å². The quantitative estimate of drug-likeness (QED) is 0.474. The molecular formula is C18H22O5. The van der Waals surface area contributed by atoms with E-state index in [0.717, 1.165) is 25.7 Å². The molecule has 5 nitrogen and oxygen atoms in total. The fraction of sp³-hybridized carbons (Fsp3) is 0.556. The third-order valence-electron chi connectivity index (χ3n) is 4.61. The molecule has 3 rings (SSSR count). The van der Waals surface area contributed by atoms with Crippen LogP contribution in [0.3, 0.4) is 0 Å². The second-order valence-corrected chi connectivity index (χ2v) is 6.35. The van der Waals surface area contributed by atoms with E-state index < -0.39 is 0 Å². The third kappa shape index (κ3) is 3.91. The van der Waals surface area contributed by atoms with Crippen molar-refractivity contribution in [2.24, 2.45) is 11.8 Å². The number of carbonyl (C=O) groups is 2. The first kappa shape index (κ1) is 16.0. The summed E-state index contributed by atoms with van der Waals surface area (Å²) in [5, 5.41) is 0. The predicted molar refractivity (Wildman–Crippen MR) is 83.2 cm³/mol. The Morgan fingerprint density at radius 2 is 1.78 bits per heavy atom. The zero-order chi connectivity index (χ0) is 16.4. The summed E-state index contributed by atoms with van der Waals surface area (Å²) in [6.07, 6.45) is 3.89. The summed E-state index contributed by atoms with van der Waals surface area (Å²) in [7, 11) is 0. The Kier molecular flexibility index (Phi) is 4.66. The molecule has 1 aromatic rings. The summed E-state index contributed by atoms with van der Waals surface area (Å²) < 4.78 is 16.1. The molecule has 0 radical (unpaired) electrons. The van der Waals surface area contributed by atoms with Crippen molar-refractivity contribution in [3.05, 3.63) is 24.3 Å². The number of carbonyl (C=O) groups excluding carboxylic acids is 2. The molecule has 5 heteroatoms. The van der Waals surface area contributed by atoms with Crippen molar-refractivity contribution in [3.63, 3.8) is 0 Å². The van der Waals surface area contributed by atoms with Gasteiger partial charge in [0.2, 0.25) is 0 Å². The Balaban J connectivity index is 1.52. The van der Waals surface area contributed by atoms with Gasteiger partial charge in [-0.3, -0.25) is 9.59 Å². The van der Waals surface area contributed by atoms with Gasteiger partial charge < -0.3 is 14.2 Å². The fourth-order valence-corrected chi connectivity index (χ4v) is 2.78. The minimum absolute atomic E-state index is 0.0818. The van der Waals surface area contributed by atoms with E-state index >= 15 is 0 Å². The van der Waals surface area contributed by atoms with Gasteiger partial charge in [0, 0.05) is 0 Å². The SMILES string of the molecule is CCC(C)C(=O)Oc1ccc(OC(=O)C2CCC3OC3C2)cc1. The van der Waals surface area contributed by atoms with E-state index in [1.807, 2.05) is 13.8 Å². The summed E-state index contributed by atoms with van der Waals surface area (Å²) in [5.74, 6) is 0.259. The smallest absolute Gasteiger partial charge is 0.314 e. The largest absolute Gasteiger partial charge is 0.426 e. The highest BCUT2D eigenvalue weighted by molar-refractivity contribution is 5.76. The second-order valence-electron chi connectivity index (χ2n) is 6.35. The van der Waals surface area contributed by atoms with Crippen molar-refractivity contribution in [2.45, 2.75) is 51.7 Å². The van der Waals surface area contributed by atoms with Crippen molar-refractivity contribution in [1.82, 2.24) is 0 Å². The zero-order valence-electron chi connectivity index (χ0n) is 13.5. The maximum Gasteiger partial charge on any atom is 0.314 e. The van der Waals surface area contributed by atoms with Gasteiger partial charge in [-0.2, -0.15) is 0 Å². The van der Waals surface area contributed by atoms with Gasteiger partial charge in [-0.05, 0) is 49.9 Å². The lowest BCUT2D eigenvalue weighted by Gasteiger charge is -2.17. The number of rotatable bonds is 5. The van der Waals surface area contributed by atoms with Gasteiger partial charge in [0.15, 0.2) is 0 Å². The molecule has 0 N–H and O–H groups in total. The normalized spacial score (nSPS) is 26.8. The van der Waals surface area contributed by atoms with Gasteiger partial charge in [-0.25, -0.2) is 0 Å². The van der Waals surface area contributed by atoms with Crippen LogP contribution < -0.4 is 9.47 Å². The first-order chi connectivity index (χ1) is 11.1. The fourth-order valence-electron chi connectivity index (χ4n) is 2.78. The maximum atomic E-state index is 12.2. The summed E-state index contributed by atoms with van der Waals surface area (Å²) in [6.45, 7) is 3.77. The summed E-state index contributed by atoms with van der Waals surface area (Å²) >= 11 is 0. The minimum atomic E-state index is -0.251. The van der Waals surface area contributed by atoms with Gasteiger partial charge >= 0.3 is 11.9 Å². The van der Waals surface area contributed by atoms with E-state index in [1.54, 1.807) is 24.3 Å². The number of hydrogen-bond acceptors (Lipinski definition) is 5. The molecule has 1 aromatic carbocycles. The van der Waals surface area contributed by atoms with Crippen molar-refractivity contribution < 1.29 is 23.8 Å². The lowest BCUT2D eigenvalue weighted by atomic mass is 9.89. The van der Waals surface area contributed by atoms with Crippen LogP contribution in [0.4, 0.5) is 0 Å². The molecule has 2 fully saturated rings. The van der Waals surface area contributed by atoms with Crippen molar-refractivity contribution in [1.29, 1.82) is 0 Å². The minimum Gasteiger partial charge on any atom is -0.426 e. The van der Waals surface area contributed by atoms with Gasteiger partial charge in [0.1, 0.15) is 11.5 Å². The van der Waals surface area contributed by atoms with Crippen molar-refractivity contribution in [2.75, 3.05) is 0 Å². The Bertz CT molecular complexity index is 580. The van der Waals surface area contributed by atoms with E-state index in [4.69, 9.17) is 14.2 Å². The van der Waals surface area contributed by atoms with Gasteiger partial charge in [0.05, 0.1) is 24.0 Å². The Morgan fingerprint density at radius 1 is 1.13 bits per heavy atom. The Hall–Kier alpha value is -1.88. The van der Waals surface area contributed by atoms with Crippen LogP contribution in [0.5, 0.6) is 11.5 Å². The highest BCUT2D eigenvalue weighted by Crippen LogP contribution is 2.39. The standard InChI is InChI=1S/C18H22O5/c1-3-11(2)17(19)21-13-5-7-14(8-6-13)22-18(20)12-4-9-15-16(10-12)23-15/h5-8,11-12,15-16H,3-4,9-10H2,1-2H3. The summed E-state index contributed by atoms with van der Waals surface area (Å²) in [5.41, 5.74) is 0. The Labute approximate surface area is 135 Å². The van der Waals surface area contributed by atoms with Gasteiger partial charge in [-0.1, -0.05) is 13.8 Å². The number of fused-ring (bicyclic) bond motifs is 1. The van der Waals surface area contributed by atoms with Crippen LogP contribution in [0, 0.1) is 11.8 Å². The number of esters is 2. The van der Waals surface area contributed by atoms with Gasteiger partial charge in [-0.15, -0.1) is 0 Å². The van der Waals surface area contributed by atoms with E-state index in [0.29, 0.717) is 17.6 Å². The van der Waals surface area contributed by atoms with E-state index in [1.165, 1.54) is 0 Å². The molecule has 124 valence electrons. The first-order valence-electron chi connectivity index (χ1n) is 8.25. The van der Waals surface area contributed by atoms with Crippen LogP contribution in [0.25, 0.3) is 0 Å². The van der Waals surface area contributed by atoms with Crippen molar-refractivity contribution >= 4 is 11.9 Å². The third-order valence-corrected chi connectivity index (χ3v) is 4.61. The molecule has 0 aromatic heterocycles. The van der Waals surface area contributed by atoms with Crippen LogP contribution in [0.15, 0.2) is 24.3 Å². The molecule has 1 saturated heterocycles. The average Bonchev–Trinajstić information content (AvgIpc) is 3.34. The lowest BCUT2D eigenvalue weighted by molar-refractivity contribution is -0.140. The van der Waals surface area contributed by atoms with Crippen LogP contribution in [-0.4, -0.2) is 24.1 Å². The molecule has 23 heavy (non-hydrogen) atoms. The summed E-state index contributed by atoms with van der Waals surface area (Å²) in [6, 6.07) is 6.58. The van der Waals surface area contributed by atoms with E-state index in [2.05, 4.69) is 0 Å². The molecule has 0 amide bonds. The molecule has 1 aliphatic heterocycles. The highest BCUT2D eigenvalue weighted by atomic mass is 16.6. The number of epoxide rings is 1. The first-order valence-corrected chi connectivity index (χ1v) is 8.25. The lowest BCUT2D eigenvalue weighted by Crippen LogP contribution is -2.25. The molecular weight excluding hydrogens is 296 g/mol. The van der Waals surface area contributed by atoms with Gasteiger partial charge in [0.25, 0.3) is 0 Å². The van der Waals surface area contributed by atoms with E-state index in [9.17, 15) is 9.59 Å². The van der Waals surface area contributed by atoms with Crippen LogP contribution in [0.2, 0.25) is 0 Å². The maximum absolute atomic E-state index is 12.2. The predicted octanol–water partition coefficient (Wildman–Crippen LogP) is 3.11. The van der Waals surface area contributed by atoms with Crippen LogP contribution in [0.1, 0.15) is 39.5 Å². The monoisotopic (exact) mass is 318 g/mol. The Morgan fingerprint density at radius 3 is 2.39 bits per heavy atom. The average molecular weight is 318 g/mol. The molecule has 4 atom stereocenters. The molecule has 4 unspecified atom stereocenters. The molecule has 0 spiro atoms. The molecule has 1 aliphatic carbocycles. The molecule has 2 aliphatic rings. The summed E-state index contributed by atoms with van der Waals surface area (Å²) in [4.78, 5) is 23.9. The number of ether oxygens (including phenoxy) is 3. The zero-order valence-corrected chi connectivity index (χ0v) is 13.5. The molecule has 1 heterocycles. The van der Waals surface area contributed by atoms with Crippen LogP contribution in [-0.2, 0) is 14.3 Å². The topological polar surface area (TPSA) is 65.1 Å². The van der Waals surface area contributed by atoms with Crippen molar-refractivity contribution in [3.8, 4) is 11.5 Å². The number of hydrogen-bond donors (Lipinski definition) is 0. The molecule has 0 bridgehead atoms. The highest BCUT2D eigenvalue weighted by Gasteiger charge is 2.46. The molecule has 1 saturated carbocycles. The number of benzene rings is 1.